The summed E-state index contributed by atoms with van der Waals surface area (Å²) in [6.45, 7) is 4.03. The van der Waals surface area contributed by atoms with Crippen LogP contribution in [0.5, 0.6) is 11.5 Å². The summed E-state index contributed by atoms with van der Waals surface area (Å²) in [5.74, 6) is 1.56. The number of carbonyl (C=O) groups is 1. The van der Waals surface area contributed by atoms with E-state index < -0.39 is 0 Å². The highest BCUT2D eigenvalue weighted by Gasteiger charge is 2.15. The fourth-order valence-electron chi connectivity index (χ4n) is 2.68. The third kappa shape index (κ3) is 4.51. The van der Waals surface area contributed by atoms with Crippen molar-refractivity contribution in [1.29, 1.82) is 0 Å². The van der Waals surface area contributed by atoms with Gasteiger partial charge < -0.3 is 14.8 Å². The fourth-order valence-corrected chi connectivity index (χ4v) is 2.68. The van der Waals surface area contributed by atoms with E-state index in [1.807, 2.05) is 43.3 Å². The molecule has 2 aromatic rings. The summed E-state index contributed by atoms with van der Waals surface area (Å²) in [5, 5.41) is 3.05. The van der Waals surface area contributed by atoms with Crippen LogP contribution in [0.3, 0.4) is 0 Å². The summed E-state index contributed by atoms with van der Waals surface area (Å²) in [6.07, 6.45) is 0.460. The Bertz CT molecular complexity index is 670. The lowest BCUT2D eigenvalue weighted by molar-refractivity contribution is -0.122. The summed E-state index contributed by atoms with van der Waals surface area (Å²) in [5.41, 5.74) is 2.15. The van der Waals surface area contributed by atoms with Gasteiger partial charge in [0.2, 0.25) is 5.91 Å². The number of carbonyl (C=O) groups excluding carboxylic acids is 1. The molecule has 0 spiro atoms. The highest BCUT2D eigenvalue weighted by Crippen LogP contribution is 2.30. The van der Waals surface area contributed by atoms with Crippen molar-refractivity contribution in [3.05, 3.63) is 59.7 Å². The van der Waals surface area contributed by atoms with Crippen LogP contribution in [0, 0.1) is 0 Å². The Labute approximate surface area is 143 Å². The van der Waals surface area contributed by atoms with E-state index in [0.29, 0.717) is 17.9 Å². The van der Waals surface area contributed by atoms with E-state index in [-0.39, 0.29) is 17.9 Å². The number of ether oxygens (including phenoxy) is 2. The maximum Gasteiger partial charge on any atom is 0.221 e. The lowest BCUT2D eigenvalue weighted by atomic mass is 9.97. The van der Waals surface area contributed by atoms with Crippen LogP contribution in [-0.4, -0.2) is 20.1 Å². The van der Waals surface area contributed by atoms with Crippen LogP contribution in [0.25, 0.3) is 0 Å². The van der Waals surface area contributed by atoms with Gasteiger partial charge >= 0.3 is 0 Å². The van der Waals surface area contributed by atoms with E-state index in [1.165, 1.54) is 5.56 Å². The second kappa shape index (κ2) is 8.39. The molecule has 2 aromatic carbocycles. The number of nitrogens with one attached hydrogen (secondary N) is 1. The maximum atomic E-state index is 12.3. The third-order valence-corrected chi connectivity index (χ3v) is 4.15. The van der Waals surface area contributed by atoms with Crippen LogP contribution in [0.4, 0.5) is 0 Å². The zero-order valence-electron chi connectivity index (χ0n) is 14.7. The minimum absolute atomic E-state index is 0.0358. The molecule has 2 atom stereocenters. The van der Waals surface area contributed by atoms with Crippen molar-refractivity contribution in [2.45, 2.75) is 32.2 Å². The van der Waals surface area contributed by atoms with Gasteiger partial charge in [-0.05, 0) is 36.1 Å². The van der Waals surface area contributed by atoms with Gasteiger partial charge in [0.05, 0.1) is 20.3 Å². The molecule has 0 bridgehead atoms. The topological polar surface area (TPSA) is 47.6 Å². The summed E-state index contributed by atoms with van der Waals surface area (Å²) < 4.78 is 10.6. The van der Waals surface area contributed by atoms with Crippen molar-refractivity contribution >= 4 is 5.91 Å². The van der Waals surface area contributed by atoms with E-state index in [4.69, 9.17) is 9.47 Å². The molecular weight excluding hydrogens is 302 g/mol. The molecule has 2 rings (SSSR count). The monoisotopic (exact) mass is 327 g/mol. The van der Waals surface area contributed by atoms with Gasteiger partial charge in [-0.1, -0.05) is 43.3 Å². The molecule has 0 fully saturated rings. The Morgan fingerprint density at radius 1 is 0.958 bits per heavy atom. The summed E-state index contributed by atoms with van der Waals surface area (Å²) >= 11 is 0. The molecule has 0 saturated heterocycles. The average Bonchev–Trinajstić information content (AvgIpc) is 2.61. The smallest absolute Gasteiger partial charge is 0.221 e. The molecule has 0 aliphatic rings. The van der Waals surface area contributed by atoms with Gasteiger partial charge in [0, 0.05) is 6.42 Å². The number of hydrogen-bond acceptors (Lipinski definition) is 3. The molecule has 0 heterocycles. The van der Waals surface area contributed by atoms with Crippen molar-refractivity contribution in [3.63, 3.8) is 0 Å². The largest absolute Gasteiger partial charge is 0.493 e. The summed E-state index contributed by atoms with van der Waals surface area (Å²) in [6, 6.07) is 15.7. The molecule has 0 radical (unpaired) electrons. The van der Waals surface area contributed by atoms with E-state index in [9.17, 15) is 4.79 Å². The first-order valence-corrected chi connectivity index (χ1v) is 8.11. The van der Waals surface area contributed by atoms with Crippen molar-refractivity contribution in [1.82, 2.24) is 5.32 Å². The van der Waals surface area contributed by atoms with Gasteiger partial charge in [0.1, 0.15) is 0 Å². The predicted molar refractivity (Wildman–Crippen MR) is 95.6 cm³/mol. The van der Waals surface area contributed by atoms with E-state index in [2.05, 4.69) is 24.4 Å². The molecule has 0 aliphatic carbocycles. The highest BCUT2D eigenvalue weighted by atomic mass is 16.5. The first kappa shape index (κ1) is 17.9. The standard InChI is InChI=1S/C20H25NO3/c1-14(16-8-6-5-7-9-16)12-20(22)21-15(2)17-10-11-18(23-3)19(13-17)24-4/h5-11,13-15H,12H2,1-4H3,(H,21,22)/t14-,15+/m0/s1. The Balaban J connectivity index is 1.98. The van der Waals surface area contributed by atoms with Crippen LogP contribution in [0.15, 0.2) is 48.5 Å². The van der Waals surface area contributed by atoms with Gasteiger partial charge in [-0.15, -0.1) is 0 Å². The van der Waals surface area contributed by atoms with Crippen molar-refractivity contribution in [3.8, 4) is 11.5 Å². The second-order valence-electron chi connectivity index (χ2n) is 5.92. The number of hydrogen-bond donors (Lipinski definition) is 1. The van der Waals surface area contributed by atoms with Crippen molar-refractivity contribution in [2.75, 3.05) is 14.2 Å². The lowest BCUT2D eigenvalue weighted by Gasteiger charge is -2.18. The average molecular weight is 327 g/mol. The fraction of sp³-hybridized carbons (Fsp3) is 0.350. The van der Waals surface area contributed by atoms with Gasteiger partial charge in [0.15, 0.2) is 11.5 Å². The number of amides is 1. The van der Waals surface area contributed by atoms with Crippen LogP contribution in [-0.2, 0) is 4.79 Å². The van der Waals surface area contributed by atoms with Gasteiger partial charge in [-0.2, -0.15) is 0 Å². The zero-order valence-corrected chi connectivity index (χ0v) is 14.7. The third-order valence-electron chi connectivity index (χ3n) is 4.15. The lowest BCUT2D eigenvalue weighted by Crippen LogP contribution is -2.27. The Morgan fingerprint density at radius 3 is 2.25 bits per heavy atom. The molecule has 128 valence electrons. The molecule has 0 unspecified atom stereocenters. The Morgan fingerprint density at radius 2 is 1.62 bits per heavy atom. The predicted octanol–water partition coefficient (Wildman–Crippen LogP) is 4.07. The zero-order chi connectivity index (χ0) is 17.5. The number of rotatable bonds is 7. The molecule has 1 N–H and O–H groups in total. The Kier molecular flexibility index (Phi) is 6.24. The van der Waals surface area contributed by atoms with E-state index in [0.717, 1.165) is 5.56 Å². The van der Waals surface area contributed by atoms with Crippen LogP contribution < -0.4 is 14.8 Å². The SMILES string of the molecule is COc1ccc([C@@H](C)NC(=O)C[C@H](C)c2ccccc2)cc1OC. The maximum absolute atomic E-state index is 12.3. The van der Waals surface area contributed by atoms with Crippen LogP contribution >= 0.6 is 0 Å². The number of benzene rings is 2. The molecule has 0 saturated carbocycles. The van der Waals surface area contributed by atoms with Gasteiger partial charge in [-0.3, -0.25) is 4.79 Å². The minimum Gasteiger partial charge on any atom is -0.493 e. The second-order valence-corrected chi connectivity index (χ2v) is 5.92. The summed E-state index contributed by atoms with van der Waals surface area (Å²) in [4.78, 5) is 12.3. The normalized spacial score (nSPS) is 13.0. The highest BCUT2D eigenvalue weighted by molar-refractivity contribution is 5.77. The first-order chi connectivity index (χ1) is 11.5. The molecule has 1 amide bonds. The van der Waals surface area contributed by atoms with E-state index >= 15 is 0 Å². The summed E-state index contributed by atoms with van der Waals surface area (Å²) in [7, 11) is 3.21. The minimum atomic E-state index is -0.0970. The molecule has 0 aliphatic heterocycles. The Hall–Kier alpha value is -2.49. The van der Waals surface area contributed by atoms with Crippen molar-refractivity contribution < 1.29 is 14.3 Å². The molecule has 4 heteroatoms. The van der Waals surface area contributed by atoms with Gasteiger partial charge in [0.25, 0.3) is 0 Å². The van der Waals surface area contributed by atoms with Crippen LogP contribution in [0.1, 0.15) is 43.4 Å². The van der Waals surface area contributed by atoms with E-state index in [1.54, 1.807) is 14.2 Å². The molecule has 24 heavy (non-hydrogen) atoms. The van der Waals surface area contributed by atoms with Gasteiger partial charge in [-0.25, -0.2) is 0 Å². The number of methoxy groups -OCH3 is 2. The first-order valence-electron chi connectivity index (χ1n) is 8.11. The van der Waals surface area contributed by atoms with Crippen molar-refractivity contribution in [2.24, 2.45) is 0 Å². The molecule has 4 nitrogen and oxygen atoms in total. The quantitative estimate of drug-likeness (QED) is 0.834. The molecule has 0 aromatic heterocycles. The molecular formula is C20H25NO3. The van der Waals surface area contributed by atoms with Crippen LogP contribution in [0.2, 0.25) is 0 Å².